The van der Waals surface area contributed by atoms with Gasteiger partial charge >= 0.3 is 12.0 Å². The highest BCUT2D eigenvalue weighted by atomic mass is 19.4. The van der Waals surface area contributed by atoms with Gasteiger partial charge in [0.15, 0.2) is 5.75 Å². The zero-order chi connectivity index (χ0) is 13.2. The molecule has 1 N–H and O–H groups in total. The van der Waals surface area contributed by atoms with Crippen molar-refractivity contribution in [2.24, 2.45) is 0 Å². The molecule has 0 bridgehead atoms. The van der Waals surface area contributed by atoms with E-state index < -0.39 is 34.0 Å². The van der Waals surface area contributed by atoms with Crippen LogP contribution in [0.5, 0.6) is 11.5 Å². The zero-order valence-electron chi connectivity index (χ0n) is 7.85. The lowest BCUT2D eigenvalue weighted by atomic mass is 10.2. The molecule has 1 aromatic rings. The van der Waals surface area contributed by atoms with E-state index in [4.69, 9.17) is 10.4 Å². The highest BCUT2D eigenvalue weighted by Gasteiger charge is 2.34. The van der Waals surface area contributed by atoms with Gasteiger partial charge in [0, 0.05) is 12.1 Å². The Kier molecular flexibility index (Phi) is 3.08. The summed E-state index contributed by atoms with van der Waals surface area (Å²) in [5, 5.41) is 28.0. The first-order valence-electron chi connectivity index (χ1n) is 3.92. The highest BCUT2D eigenvalue weighted by molar-refractivity contribution is 5.59. The number of phenolic OH excluding ortho intramolecular Hbond substituents is 1. The molecule has 6 nitrogen and oxygen atoms in total. The van der Waals surface area contributed by atoms with Crippen molar-refractivity contribution >= 4 is 5.69 Å². The molecule has 17 heavy (non-hydrogen) atoms. The van der Waals surface area contributed by atoms with E-state index in [2.05, 4.69) is 4.74 Å². The summed E-state index contributed by atoms with van der Waals surface area (Å²) >= 11 is 0. The molecular weight excluding hydrogens is 245 g/mol. The van der Waals surface area contributed by atoms with Crippen molar-refractivity contribution in [3.05, 3.63) is 27.8 Å². The van der Waals surface area contributed by atoms with E-state index in [1.165, 1.54) is 6.07 Å². The fraction of sp³-hybridized carbons (Fsp3) is 0.125. The van der Waals surface area contributed by atoms with Crippen molar-refractivity contribution in [2.75, 3.05) is 0 Å². The second-order valence-electron chi connectivity index (χ2n) is 2.76. The molecule has 0 fully saturated rings. The predicted octanol–water partition coefficient (Wildman–Crippen LogP) is 2.07. The molecule has 0 unspecified atom stereocenters. The summed E-state index contributed by atoms with van der Waals surface area (Å²) in [7, 11) is 0. The van der Waals surface area contributed by atoms with Gasteiger partial charge in [0.1, 0.15) is 0 Å². The fourth-order valence-electron chi connectivity index (χ4n) is 0.999. The monoisotopic (exact) mass is 248 g/mol. The Morgan fingerprint density at radius 2 is 2.06 bits per heavy atom. The normalized spacial score (nSPS) is 10.7. The maximum absolute atomic E-state index is 11.9. The van der Waals surface area contributed by atoms with Gasteiger partial charge in [0.2, 0.25) is 5.75 Å². The van der Waals surface area contributed by atoms with Crippen LogP contribution in [-0.4, -0.2) is 16.4 Å². The number of phenols is 1. The molecule has 0 heterocycles. The number of nitriles is 1. The number of ether oxygens (including phenoxy) is 1. The molecule has 0 aliphatic carbocycles. The van der Waals surface area contributed by atoms with Gasteiger partial charge in [-0.3, -0.25) is 10.1 Å². The van der Waals surface area contributed by atoms with Gasteiger partial charge < -0.3 is 9.84 Å². The largest absolute Gasteiger partial charge is 0.573 e. The fourth-order valence-corrected chi connectivity index (χ4v) is 0.999. The van der Waals surface area contributed by atoms with Crippen molar-refractivity contribution in [1.82, 2.24) is 0 Å². The van der Waals surface area contributed by atoms with Crippen molar-refractivity contribution < 1.29 is 27.9 Å². The minimum Gasteiger partial charge on any atom is -0.500 e. The average Bonchev–Trinajstić information content (AvgIpc) is 2.18. The Bertz CT molecular complexity index is 507. The third-order valence-electron chi connectivity index (χ3n) is 1.61. The Morgan fingerprint density at radius 1 is 1.47 bits per heavy atom. The van der Waals surface area contributed by atoms with Gasteiger partial charge in [-0.25, -0.2) is 0 Å². The van der Waals surface area contributed by atoms with Crippen LogP contribution in [0.25, 0.3) is 0 Å². The van der Waals surface area contributed by atoms with Crippen molar-refractivity contribution in [3.63, 3.8) is 0 Å². The standard InChI is InChI=1S/C8H3F3N2O4/c9-8(10,11)17-6-2-4(3-12)1-5(7(6)14)13(15)16/h1-2,14H. The predicted molar refractivity (Wildman–Crippen MR) is 46.2 cm³/mol. The molecule has 9 heteroatoms. The van der Waals surface area contributed by atoms with Gasteiger partial charge in [0.05, 0.1) is 16.6 Å². The minimum absolute atomic E-state index is 0.436. The summed E-state index contributed by atoms with van der Waals surface area (Å²) in [6, 6.07) is 2.60. The molecule has 0 aliphatic rings. The molecular formula is C8H3F3N2O4. The van der Waals surface area contributed by atoms with Crippen LogP contribution in [0.2, 0.25) is 0 Å². The first-order chi connectivity index (χ1) is 7.74. The van der Waals surface area contributed by atoms with Crippen molar-refractivity contribution in [3.8, 4) is 17.6 Å². The van der Waals surface area contributed by atoms with Crippen molar-refractivity contribution in [1.29, 1.82) is 5.26 Å². The number of nitro groups is 1. The van der Waals surface area contributed by atoms with Crippen LogP contribution in [-0.2, 0) is 0 Å². The highest BCUT2D eigenvalue weighted by Crippen LogP contribution is 2.39. The summed E-state index contributed by atoms with van der Waals surface area (Å²) in [6.45, 7) is 0. The summed E-state index contributed by atoms with van der Waals surface area (Å²) in [5.41, 5.74) is -1.47. The lowest BCUT2D eigenvalue weighted by Gasteiger charge is -2.10. The van der Waals surface area contributed by atoms with Crippen LogP contribution >= 0.6 is 0 Å². The maximum Gasteiger partial charge on any atom is 0.573 e. The third kappa shape index (κ3) is 2.97. The number of nitro benzene ring substituents is 1. The summed E-state index contributed by atoms with van der Waals surface area (Å²) < 4.78 is 39.1. The summed E-state index contributed by atoms with van der Waals surface area (Å²) in [6.07, 6.45) is -5.13. The molecule has 1 rings (SSSR count). The van der Waals surface area contributed by atoms with Crippen LogP contribution in [0, 0.1) is 21.4 Å². The second-order valence-corrected chi connectivity index (χ2v) is 2.76. The average molecular weight is 248 g/mol. The molecule has 0 aliphatic heterocycles. The number of aromatic hydroxyl groups is 1. The third-order valence-corrected chi connectivity index (χ3v) is 1.61. The maximum atomic E-state index is 11.9. The van der Waals surface area contributed by atoms with Gasteiger partial charge in [0.25, 0.3) is 0 Å². The molecule has 0 spiro atoms. The van der Waals surface area contributed by atoms with Crippen LogP contribution in [0.3, 0.4) is 0 Å². The first-order valence-corrected chi connectivity index (χ1v) is 3.92. The van der Waals surface area contributed by atoms with E-state index in [0.717, 1.165) is 0 Å². The molecule has 90 valence electrons. The minimum atomic E-state index is -5.13. The number of benzene rings is 1. The van der Waals surface area contributed by atoms with Gasteiger partial charge in [-0.15, -0.1) is 13.2 Å². The second kappa shape index (κ2) is 4.17. The van der Waals surface area contributed by atoms with E-state index in [1.54, 1.807) is 0 Å². The smallest absolute Gasteiger partial charge is 0.500 e. The molecule has 0 aromatic heterocycles. The number of hydrogen-bond acceptors (Lipinski definition) is 5. The van der Waals surface area contributed by atoms with Crippen LogP contribution in [0.15, 0.2) is 12.1 Å². The molecule has 0 amide bonds. The number of alkyl halides is 3. The quantitative estimate of drug-likeness (QED) is 0.638. The lowest BCUT2D eigenvalue weighted by Crippen LogP contribution is -2.17. The van der Waals surface area contributed by atoms with Gasteiger partial charge in [-0.2, -0.15) is 5.26 Å². The van der Waals surface area contributed by atoms with E-state index in [9.17, 15) is 23.3 Å². The number of rotatable bonds is 2. The van der Waals surface area contributed by atoms with Gasteiger partial charge in [-0.05, 0) is 0 Å². The molecule has 0 atom stereocenters. The van der Waals surface area contributed by atoms with Crippen LogP contribution in [0.4, 0.5) is 18.9 Å². The van der Waals surface area contributed by atoms with Crippen LogP contribution in [0.1, 0.15) is 5.56 Å². The van der Waals surface area contributed by atoms with E-state index in [1.807, 2.05) is 0 Å². The molecule has 0 saturated carbocycles. The Balaban J connectivity index is 3.35. The van der Waals surface area contributed by atoms with E-state index in [0.29, 0.717) is 12.1 Å². The lowest BCUT2D eigenvalue weighted by molar-refractivity contribution is -0.386. The van der Waals surface area contributed by atoms with Crippen LogP contribution < -0.4 is 4.74 Å². The van der Waals surface area contributed by atoms with Gasteiger partial charge in [-0.1, -0.05) is 0 Å². The number of hydrogen-bond donors (Lipinski definition) is 1. The zero-order valence-corrected chi connectivity index (χ0v) is 7.85. The summed E-state index contributed by atoms with van der Waals surface area (Å²) in [4.78, 5) is 9.28. The van der Waals surface area contributed by atoms with Crippen molar-refractivity contribution in [2.45, 2.75) is 6.36 Å². The Hall–Kier alpha value is -2.50. The Labute approximate surface area is 91.6 Å². The number of halogens is 3. The first kappa shape index (κ1) is 12.6. The molecule has 1 aromatic carbocycles. The topological polar surface area (TPSA) is 96.4 Å². The molecule has 0 radical (unpaired) electrons. The SMILES string of the molecule is N#Cc1cc(OC(F)(F)F)c(O)c([N+](=O)[O-])c1. The molecule has 0 saturated heterocycles. The Morgan fingerprint density at radius 3 is 2.47 bits per heavy atom. The number of nitrogens with zero attached hydrogens (tertiary/aromatic N) is 2. The van der Waals surface area contributed by atoms with E-state index in [-0.39, 0.29) is 0 Å². The summed E-state index contributed by atoms with van der Waals surface area (Å²) in [5.74, 6) is -2.48. The van der Waals surface area contributed by atoms with E-state index >= 15 is 0 Å².